The molecule has 0 fully saturated rings. The van der Waals surface area contributed by atoms with Gasteiger partial charge in [0.2, 0.25) is 5.75 Å². The molecule has 4 N–H and O–H groups in total. The Morgan fingerprint density at radius 1 is 0.833 bits per heavy atom. The van der Waals surface area contributed by atoms with E-state index in [9.17, 15) is 20.4 Å². The first-order chi connectivity index (χ1) is 8.49. The van der Waals surface area contributed by atoms with E-state index in [4.69, 9.17) is 0 Å². The number of phenolic OH excluding ortho intramolecular Hbond substituents is 4. The molecule has 0 saturated carbocycles. The predicted molar refractivity (Wildman–Crippen MR) is 67.1 cm³/mol. The molecule has 0 unspecified atom stereocenters. The minimum absolute atomic E-state index is 0.189. The van der Waals surface area contributed by atoms with Gasteiger partial charge in [-0.1, -0.05) is 12.1 Å². The van der Waals surface area contributed by atoms with Gasteiger partial charge in [0.05, 0.1) is 0 Å². The minimum atomic E-state index is -0.510. The van der Waals surface area contributed by atoms with Crippen molar-refractivity contribution in [1.29, 1.82) is 0 Å². The van der Waals surface area contributed by atoms with Crippen LogP contribution < -0.4 is 0 Å². The molecule has 0 heterocycles. The average Bonchev–Trinajstić information content (AvgIpc) is 2.33. The third kappa shape index (κ3) is 2.18. The topological polar surface area (TPSA) is 80.9 Å². The normalized spacial score (nSPS) is 10.5. The quantitative estimate of drug-likeness (QED) is 0.613. The number of hydrogen-bond donors (Lipinski definition) is 4. The van der Waals surface area contributed by atoms with Gasteiger partial charge in [0.15, 0.2) is 11.5 Å². The Balaban J connectivity index is 2.37. The summed E-state index contributed by atoms with van der Waals surface area (Å²) in [5.74, 6) is -0.987. The van der Waals surface area contributed by atoms with Crippen LogP contribution in [0.3, 0.4) is 0 Å². The van der Waals surface area contributed by atoms with Crippen LogP contribution in [-0.4, -0.2) is 20.4 Å². The van der Waals surface area contributed by atoms with Crippen LogP contribution in [0, 0.1) is 6.92 Å². The second kappa shape index (κ2) is 4.49. The summed E-state index contributed by atoms with van der Waals surface area (Å²) in [6.07, 6.45) is 0.409. The first kappa shape index (κ1) is 12.1. The van der Waals surface area contributed by atoms with Crippen molar-refractivity contribution in [1.82, 2.24) is 0 Å². The van der Waals surface area contributed by atoms with Gasteiger partial charge in [-0.3, -0.25) is 0 Å². The highest BCUT2D eigenvalue weighted by molar-refractivity contribution is 5.54. The third-order valence-electron chi connectivity index (χ3n) is 2.92. The van der Waals surface area contributed by atoms with Crippen LogP contribution >= 0.6 is 0 Å². The first-order valence-corrected chi connectivity index (χ1v) is 5.50. The Morgan fingerprint density at radius 3 is 2.17 bits per heavy atom. The van der Waals surface area contributed by atoms with E-state index < -0.39 is 5.75 Å². The van der Waals surface area contributed by atoms with Crippen LogP contribution in [0.2, 0.25) is 0 Å². The second-order valence-electron chi connectivity index (χ2n) is 4.23. The second-order valence-corrected chi connectivity index (χ2v) is 4.23. The van der Waals surface area contributed by atoms with Crippen molar-refractivity contribution in [3.8, 4) is 23.0 Å². The molecule has 2 aromatic rings. The number of phenols is 4. The van der Waals surface area contributed by atoms with Gasteiger partial charge in [0.1, 0.15) is 5.75 Å². The number of aryl methyl sites for hydroxylation is 1. The zero-order chi connectivity index (χ0) is 13.3. The summed E-state index contributed by atoms with van der Waals surface area (Å²) >= 11 is 0. The van der Waals surface area contributed by atoms with Crippen LogP contribution in [0.5, 0.6) is 23.0 Å². The van der Waals surface area contributed by atoms with Gasteiger partial charge in [0, 0.05) is 12.0 Å². The zero-order valence-electron chi connectivity index (χ0n) is 9.88. The molecule has 0 aliphatic heterocycles. The van der Waals surface area contributed by atoms with Gasteiger partial charge in [-0.15, -0.1) is 0 Å². The highest BCUT2D eigenvalue weighted by Crippen LogP contribution is 2.38. The van der Waals surface area contributed by atoms with Gasteiger partial charge in [0.25, 0.3) is 0 Å². The summed E-state index contributed by atoms with van der Waals surface area (Å²) in [7, 11) is 0. The van der Waals surface area contributed by atoms with Crippen LogP contribution in [0.4, 0.5) is 0 Å². The Labute approximate surface area is 104 Å². The van der Waals surface area contributed by atoms with E-state index in [-0.39, 0.29) is 17.2 Å². The monoisotopic (exact) mass is 246 g/mol. The Kier molecular flexibility index (Phi) is 3.02. The molecule has 2 aromatic carbocycles. The van der Waals surface area contributed by atoms with Crippen molar-refractivity contribution in [3.05, 3.63) is 47.0 Å². The van der Waals surface area contributed by atoms with Crippen LogP contribution in [0.25, 0.3) is 0 Å². The van der Waals surface area contributed by atoms with Crippen molar-refractivity contribution < 1.29 is 20.4 Å². The third-order valence-corrected chi connectivity index (χ3v) is 2.92. The van der Waals surface area contributed by atoms with Crippen molar-refractivity contribution in [2.24, 2.45) is 0 Å². The molecular weight excluding hydrogens is 232 g/mol. The molecule has 4 heteroatoms. The SMILES string of the molecule is Cc1cc(O)ccc1Cc1ccc(O)c(O)c1O. The highest BCUT2D eigenvalue weighted by Gasteiger charge is 2.12. The average molecular weight is 246 g/mol. The molecule has 0 aromatic heterocycles. The Bertz CT molecular complexity index is 591. The standard InChI is InChI=1S/C14H14O4/c1-8-6-11(15)4-2-9(8)7-10-3-5-12(16)14(18)13(10)17/h2-6,15-18H,7H2,1H3. The summed E-state index contributed by atoms with van der Waals surface area (Å²) < 4.78 is 0. The van der Waals surface area contributed by atoms with Crippen molar-refractivity contribution in [2.45, 2.75) is 13.3 Å². The van der Waals surface area contributed by atoms with E-state index >= 15 is 0 Å². The molecule has 0 aliphatic rings. The number of benzene rings is 2. The fraction of sp³-hybridized carbons (Fsp3) is 0.143. The van der Waals surface area contributed by atoms with Gasteiger partial charge in [-0.2, -0.15) is 0 Å². The zero-order valence-corrected chi connectivity index (χ0v) is 9.88. The van der Waals surface area contributed by atoms with E-state index in [1.54, 1.807) is 24.3 Å². The van der Waals surface area contributed by atoms with E-state index in [1.807, 2.05) is 6.92 Å². The van der Waals surface area contributed by atoms with Gasteiger partial charge >= 0.3 is 0 Å². The number of hydrogen-bond acceptors (Lipinski definition) is 4. The maximum atomic E-state index is 9.73. The maximum absolute atomic E-state index is 9.73. The van der Waals surface area contributed by atoms with Crippen molar-refractivity contribution >= 4 is 0 Å². The van der Waals surface area contributed by atoms with Crippen molar-refractivity contribution in [3.63, 3.8) is 0 Å². The number of rotatable bonds is 2. The van der Waals surface area contributed by atoms with Crippen LogP contribution in [0.15, 0.2) is 30.3 Å². The predicted octanol–water partition coefficient (Wildman–Crippen LogP) is 2.41. The maximum Gasteiger partial charge on any atom is 0.200 e. The van der Waals surface area contributed by atoms with E-state index in [0.717, 1.165) is 11.1 Å². The molecule has 0 bridgehead atoms. The van der Waals surface area contributed by atoms with E-state index in [0.29, 0.717) is 12.0 Å². The highest BCUT2D eigenvalue weighted by atomic mass is 16.3. The lowest BCUT2D eigenvalue weighted by Gasteiger charge is -2.10. The molecule has 0 spiro atoms. The van der Waals surface area contributed by atoms with Gasteiger partial charge < -0.3 is 20.4 Å². The van der Waals surface area contributed by atoms with Gasteiger partial charge in [-0.05, 0) is 36.2 Å². The molecule has 0 aliphatic carbocycles. The van der Waals surface area contributed by atoms with Crippen molar-refractivity contribution in [2.75, 3.05) is 0 Å². The molecule has 18 heavy (non-hydrogen) atoms. The summed E-state index contributed by atoms with van der Waals surface area (Å²) in [6, 6.07) is 7.84. The summed E-state index contributed by atoms with van der Waals surface area (Å²) in [4.78, 5) is 0. The fourth-order valence-corrected chi connectivity index (χ4v) is 1.84. The fourth-order valence-electron chi connectivity index (χ4n) is 1.84. The molecule has 0 radical (unpaired) electrons. The summed E-state index contributed by atoms with van der Waals surface area (Å²) in [5.41, 5.74) is 2.33. The largest absolute Gasteiger partial charge is 0.508 e. The summed E-state index contributed by atoms with van der Waals surface area (Å²) in [5, 5.41) is 37.7. The van der Waals surface area contributed by atoms with Crippen LogP contribution in [-0.2, 0) is 6.42 Å². The molecule has 4 nitrogen and oxygen atoms in total. The number of aromatic hydroxyl groups is 4. The summed E-state index contributed by atoms with van der Waals surface area (Å²) in [6.45, 7) is 1.85. The Hall–Kier alpha value is -2.36. The smallest absolute Gasteiger partial charge is 0.200 e. The molecule has 0 amide bonds. The lowest BCUT2D eigenvalue weighted by atomic mass is 9.99. The lowest BCUT2D eigenvalue weighted by Crippen LogP contribution is -1.92. The molecule has 94 valence electrons. The van der Waals surface area contributed by atoms with E-state index in [1.165, 1.54) is 6.07 Å². The van der Waals surface area contributed by atoms with Crippen LogP contribution in [0.1, 0.15) is 16.7 Å². The molecule has 0 saturated heterocycles. The molecule has 0 atom stereocenters. The Morgan fingerprint density at radius 2 is 1.50 bits per heavy atom. The van der Waals surface area contributed by atoms with Gasteiger partial charge in [-0.25, -0.2) is 0 Å². The first-order valence-electron chi connectivity index (χ1n) is 5.50. The molecular formula is C14H14O4. The molecule has 2 rings (SSSR count). The minimum Gasteiger partial charge on any atom is -0.508 e. The van der Waals surface area contributed by atoms with E-state index in [2.05, 4.69) is 0 Å². The lowest BCUT2D eigenvalue weighted by molar-refractivity contribution is 0.365.